The van der Waals surface area contributed by atoms with Gasteiger partial charge in [0.25, 0.3) is 0 Å². The van der Waals surface area contributed by atoms with Crippen LogP contribution in [0.4, 0.5) is 4.79 Å². The Morgan fingerprint density at radius 2 is 1.65 bits per heavy atom. The number of hydrogen-bond donors (Lipinski definition) is 2. The van der Waals surface area contributed by atoms with Crippen molar-refractivity contribution >= 4 is 6.03 Å². The molecular weight excluding hydrogens is 248 g/mol. The van der Waals surface area contributed by atoms with Gasteiger partial charge in [-0.25, -0.2) is 4.79 Å². The largest absolute Gasteiger partial charge is 0.335 e. The van der Waals surface area contributed by atoms with Gasteiger partial charge in [-0.3, -0.25) is 0 Å². The molecule has 0 bridgehead atoms. The molecule has 1 aromatic rings. The molecule has 1 fully saturated rings. The molecule has 110 valence electrons. The molecule has 0 spiro atoms. The maximum atomic E-state index is 12.1. The molecule has 2 amide bonds. The highest BCUT2D eigenvalue weighted by Crippen LogP contribution is 2.17. The molecular formula is C17H26N2O. The highest BCUT2D eigenvalue weighted by molar-refractivity contribution is 5.74. The van der Waals surface area contributed by atoms with Gasteiger partial charge in [0.05, 0.1) is 6.04 Å². The number of benzene rings is 1. The van der Waals surface area contributed by atoms with Crippen molar-refractivity contribution in [1.82, 2.24) is 10.6 Å². The van der Waals surface area contributed by atoms with Crippen LogP contribution in [0.5, 0.6) is 0 Å². The van der Waals surface area contributed by atoms with Crippen LogP contribution in [-0.2, 0) is 0 Å². The van der Waals surface area contributed by atoms with Gasteiger partial charge in [0.2, 0.25) is 0 Å². The smallest absolute Gasteiger partial charge is 0.315 e. The van der Waals surface area contributed by atoms with Crippen LogP contribution < -0.4 is 10.6 Å². The Morgan fingerprint density at radius 3 is 2.30 bits per heavy atom. The van der Waals surface area contributed by atoms with Crippen LogP contribution in [0.3, 0.4) is 0 Å². The number of carbonyl (C=O) groups excluding carboxylic acids is 1. The molecule has 0 heterocycles. The molecule has 20 heavy (non-hydrogen) atoms. The Balaban J connectivity index is 1.79. The maximum absolute atomic E-state index is 12.1. The number of amides is 2. The fraction of sp³-hybridized carbons (Fsp3) is 0.588. The first-order valence-electron chi connectivity index (χ1n) is 7.87. The van der Waals surface area contributed by atoms with Crippen LogP contribution >= 0.6 is 0 Å². The van der Waals surface area contributed by atoms with Gasteiger partial charge in [-0.05, 0) is 25.3 Å². The standard InChI is InChI=1S/C17H26N2O/c1-14(15-10-6-5-7-11-15)18-17(20)19-16-12-8-3-2-4-9-13-16/h5-7,10-11,14,16H,2-4,8-9,12-13H2,1H3,(H2,18,19,20)/t14-/m0/s1. The van der Waals surface area contributed by atoms with Crippen LogP contribution in [-0.4, -0.2) is 12.1 Å². The van der Waals surface area contributed by atoms with E-state index >= 15 is 0 Å². The van der Waals surface area contributed by atoms with Crippen molar-refractivity contribution in [3.63, 3.8) is 0 Å². The summed E-state index contributed by atoms with van der Waals surface area (Å²) in [6.45, 7) is 2.02. The van der Waals surface area contributed by atoms with Crippen molar-refractivity contribution in [3.8, 4) is 0 Å². The third-order valence-electron chi connectivity index (χ3n) is 4.09. The minimum atomic E-state index is -0.0353. The van der Waals surface area contributed by atoms with E-state index in [0.29, 0.717) is 6.04 Å². The van der Waals surface area contributed by atoms with Gasteiger partial charge < -0.3 is 10.6 Å². The van der Waals surface area contributed by atoms with E-state index in [4.69, 9.17) is 0 Å². The first kappa shape index (κ1) is 14.9. The van der Waals surface area contributed by atoms with Gasteiger partial charge in [-0.15, -0.1) is 0 Å². The predicted octanol–water partition coefficient (Wildman–Crippen LogP) is 4.16. The number of urea groups is 1. The molecule has 1 aliphatic rings. The zero-order chi connectivity index (χ0) is 14.2. The monoisotopic (exact) mass is 274 g/mol. The van der Waals surface area contributed by atoms with Gasteiger partial charge in [0.15, 0.2) is 0 Å². The maximum Gasteiger partial charge on any atom is 0.315 e. The van der Waals surface area contributed by atoms with E-state index in [-0.39, 0.29) is 12.1 Å². The molecule has 0 saturated heterocycles. The van der Waals surface area contributed by atoms with E-state index in [1.54, 1.807) is 0 Å². The zero-order valence-electron chi connectivity index (χ0n) is 12.4. The van der Waals surface area contributed by atoms with E-state index < -0.39 is 0 Å². The van der Waals surface area contributed by atoms with Gasteiger partial charge in [0.1, 0.15) is 0 Å². The molecule has 0 aromatic heterocycles. The fourth-order valence-corrected chi connectivity index (χ4v) is 2.85. The van der Waals surface area contributed by atoms with E-state index in [0.717, 1.165) is 18.4 Å². The molecule has 1 saturated carbocycles. The highest BCUT2D eigenvalue weighted by Gasteiger charge is 2.15. The van der Waals surface area contributed by atoms with Crippen molar-refractivity contribution in [2.24, 2.45) is 0 Å². The second-order valence-electron chi connectivity index (χ2n) is 5.79. The quantitative estimate of drug-likeness (QED) is 0.853. The second-order valence-corrected chi connectivity index (χ2v) is 5.79. The lowest BCUT2D eigenvalue weighted by molar-refractivity contribution is 0.231. The van der Waals surface area contributed by atoms with Crippen LogP contribution in [0, 0.1) is 0 Å². The predicted molar refractivity (Wildman–Crippen MR) is 82.6 cm³/mol. The van der Waals surface area contributed by atoms with Gasteiger partial charge in [-0.1, -0.05) is 62.4 Å². The van der Waals surface area contributed by atoms with Crippen molar-refractivity contribution in [2.45, 2.75) is 64.0 Å². The number of rotatable bonds is 3. The third kappa shape index (κ3) is 4.87. The molecule has 2 N–H and O–H groups in total. The summed E-state index contributed by atoms with van der Waals surface area (Å²) in [7, 11) is 0. The fourth-order valence-electron chi connectivity index (χ4n) is 2.85. The summed E-state index contributed by atoms with van der Waals surface area (Å²) in [5, 5.41) is 6.17. The summed E-state index contributed by atoms with van der Waals surface area (Å²) in [6.07, 6.45) is 8.67. The Morgan fingerprint density at radius 1 is 1.05 bits per heavy atom. The first-order chi connectivity index (χ1) is 9.75. The molecule has 2 rings (SSSR count). The molecule has 0 radical (unpaired) electrons. The number of carbonyl (C=O) groups is 1. The van der Waals surface area contributed by atoms with E-state index in [2.05, 4.69) is 10.6 Å². The molecule has 1 atom stereocenters. The van der Waals surface area contributed by atoms with Gasteiger partial charge >= 0.3 is 6.03 Å². The third-order valence-corrected chi connectivity index (χ3v) is 4.09. The Labute approximate surface area is 122 Å². The Bertz CT molecular complexity index is 397. The van der Waals surface area contributed by atoms with Crippen molar-refractivity contribution in [3.05, 3.63) is 35.9 Å². The van der Waals surface area contributed by atoms with Gasteiger partial charge in [-0.2, -0.15) is 0 Å². The van der Waals surface area contributed by atoms with Gasteiger partial charge in [0, 0.05) is 6.04 Å². The summed E-state index contributed by atoms with van der Waals surface area (Å²) in [6, 6.07) is 10.4. The van der Waals surface area contributed by atoms with E-state index in [1.165, 1.54) is 32.1 Å². The minimum absolute atomic E-state index is 0.0353. The van der Waals surface area contributed by atoms with Crippen LogP contribution in [0.15, 0.2) is 30.3 Å². The summed E-state index contributed by atoms with van der Waals surface area (Å²) in [5.41, 5.74) is 1.14. The zero-order valence-corrected chi connectivity index (χ0v) is 12.4. The average Bonchev–Trinajstić information content (AvgIpc) is 2.42. The average molecular weight is 274 g/mol. The Kier molecular flexibility index (Phi) is 5.90. The van der Waals surface area contributed by atoms with Crippen molar-refractivity contribution in [1.29, 1.82) is 0 Å². The molecule has 1 aromatic carbocycles. The lowest BCUT2D eigenvalue weighted by atomic mass is 9.97. The molecule has 1 aliphatic carbocycles. The molecule has 3 heteroatoms. The first-order valence-corrected chi connectivity index (χ1v) is 7.87. The van der Waals surface area contributed by atoms with Crippen LogP contribution in [0.25, 0.3) is 0 Å². The van der Waals surface area contributed by atoms with E-state index in [1.807, 2.05) is 37.3 Å². The molecule has 0 aliphatic heterocycles. The Hall–Kier alpha value is -1.51. The summed E-state index contributed by atoms with van der Waals surface area (Å²) < 4.78 is 0. The summed E-state index contributed by atoms with van der Waals surface area (Å²) >= 11 is 0. The summed E-state index contributed by atoms with van der Waals surface area (Å²) in [4.78, 5) is 12.1. The second kappa shape index (κ2) is 7.93. The minimum Gasteiger partial charge on any atom is -0.335 e. The lowest BCUT2D eigenvalue weighted by Crippen LogP contribution is -2.43. The topological polar surface area (TPSA) is 41.1 Å². The lowest BCUT2D eigenvalue weighted by Gasteiger charge is -2.23. The summed E-state index contributed by atoms with van der Waals surface area (Å²) in [5.74, 6) is 0. The number of nitrogens with one attached hydrogen (secondary N) is 2. The SMILES string of the molecule is C[C@H](NC(=O)NC1CCCCCCC1)c1ccccc1. The van der Waals surface area contributed by atoms with Crippen molar-refractivity contribution in [2.75, 3.05) is 0 Å². The number of hydrogen-bond acceptors (Lipinski definition) is 1. The molecule has 0 unspecified atom stereocenters. The van der Waals surface area contributed by atoms with Crippen molar-refractivity contribution < 1.29 is 4.79 Å². The highest BCUT2D eigenvalue weighted by atomic mass is 16.2. The molecule has 3 nitrogen and oxygen atoms in total. The van der Waals surface area contributed by atoms with E-state index in [9.17, 15) is 4.79 Å². The van der Waals surface area contributed by atoms with Crippen LogP contribution in [0.1, 0.15) is 63.5 Å². The van der Waals surface area contributed by atoms with Crippen LogP contribution in [0.2, 0.25) is 0 Å². The normalized spacial score (nSPS) is 18.6.